The van der Waals surface area contributed by atoms with Gasteiger partial charge in [0.2, 0.25) is 0 Å². The van der Waals surface area contributed by atoms with Crippen molar-refractivity contribution in [2.45, 2.75) is 6.92 Å². The predicted molar refractivity (Wildman–Crippen MR) is 79.1 cm³/mol. The lowest BCUT2D eigenvalue weighted by Gasteiger charge is -2.11. The fraction of sp³-hybridized carbons (Fsp3) is 0.0588. The van der Waals surface area contributed by atoms with Crippen LogP contribution in [0.25, 0.3) is 21.9 Å². The largest absolute Gasteiger partial charge is 0.0843 e. The molecule has 0 amide bonds. The second kappa shape index (κ2) is 4.47. The first kappa shape index (κ1) is 11.3. The number of hydrogen-bond acceptors (Lipinski definition) is 0. The lowest BCUT2D eigenvalue weighted by Crippen LogP contribution is -1.86. The van der Waals surface area contributed by atoms with Crippen molar-refractivity contribution < 1.29 is 0 Å². The van der Waals surface area contributed by atoms with Crippen molar-refractivity contribution in [1.82, 2.24) is 0 Å². The molecule has 0 saturated carbocycles. The molecule has 0 saturated heterocycles. The van der Waals surface area contributed by atoms with Crippen molar-refractivity contribution in [2.24, 2.45) is 0 Å². The Labute approximate surface area is 112 Å². The normalized spacial score (nSPS) is 10.8. The van der Waals surface area contributed by atoms with E-state index >= 15 is 0 Å². The maximum Gasteiger partial charge on any atom is 0.0412 e. The highest BCUT2D eigenvalue weighted by Gasteiger charge is 2.07. The van der Waals surface area contributed by atoms with Crippen LogP contribution in [0.2, 0.25) is 5.02 Å². The van der Waals surface area contributed by atoms with Crippen LogP contribution in [0.15, 0.2) is 60.7 Å². The van der Waals surface area contributed by atoms with Crippen LogP contribution < -0.4 is 0 Å². The van der Waals surface area contributed by atoms with Crippen LogP contribution in [0.1, 0.15) is 5.56 Å². The summed E-state index contributed by atoms with van der Waals surface area (Å²) in [6.07, 6.45) is 0. The molecule has 0 aliphatic rings. The summed E-state index contributed by atoms with van der Waals surface area (Å²) in [5.74, 6) is 0. The molecule has 0 bridgehead atoms. The maximum atomic E-state index is 6.10. The molecule has 0 nitrogen and oxygen atoms in total. The molecule has 0 aliphatic heterocycles. The van der Waals surface area contributed by atoms with Gasteiger partial charge in [0.1, 0.15) is 0 Å². The predicted octanol–water partition coefficient (Wildman–Crippen LogP) is 5.47. The van der Waals surface area contributed by atoms with Gasteiger partial charge < -0.3 is 0 Å². The number of fused-ring (bicyclic) bond motifs is 1. The second-order valence-corrected chi connectivity index (χ2v) is 4.93. The maximum absolute atomic E-state index is 6.10. The van der Waals surface area contributed by atoms with Gasteiger partial charge in [-0.3, -0.25) is 0 Å². The molecule has 0 aliphatic carbocycles. The summed E-state index contributed by atoms with van der Waals surface area (Å²) in [6, 6.07) is 20.8. The van der Waals surface area contributed by atoms with Crippen molar-refractivity contribution in [3.63, 3.8) is 0 Å². The number of rotatable bonds is 1. The minimum absolute atomic E-state index is 0.778. The molecule has 0 atom stereocenters. The minimum Gasteiger partial charge on any atom is -0.0843 e. The van der Waals surface area contributed by atoms with Crippen LogP contribution >= 0.6 is 11.6 Å². The summed E-state index contributed by atoms with van der Waals surface area (Å²) in [5, 5.41) is 3.32. The van der Waals surface area contributed by atoms with Crippen molar-refractivity contribution in [2.75, 3.05) is 0 Å². The molecule has 0 heterocycles. The Morgan fingerprint density at radius 1 is 0.833 bits per heavy atom. The lowest BCUT2D eigenvalue weighted by molar-refractivity contribution is 1.49. The third-order valence-electron chi connectivity index (χ3n) is 3.25. The third-order valence-corrected chi connectivity index (χ3v) is 3.49. The summed E-state index contributed by atoms with van der Waals surface area (Å²) in [6.45, 7) is 2.14. The molecule has 0 aromatic heterocycles. The van der Waals surface area contributed by atoms with Crippen LogP contribution in [0.5, 0.6) is 0 Å². The molecule has 3 aromatic carbocycles. The van der Waals surface area contributed by atoms with Gasteiger partial charge in [0.15, 0.2) is 0 Å². The molecule has 0 spiro atoms. The van der Waals surface area contributed by atoms with Gasteiger partial charge in [-0.25, -0.2) is 0 Å². The van der Waals surface area contributed by atoms with Crippen LogP contribution in [-0.4, -0.2) is 0 Å². The van der Waals surface area contributed by atoms with Gasteiger partial charge >= 0.3 is 0 Å². The van der Waals surface area contributed by atoms with Crippen molar-refractivity contribution >= 4 is 22.4 Å². The van der Waals surface area contributed by atoms with Crippen molar-refractivity contribution in [1.29, 1.82) is 0 Å². The van der Waals surface area contributed by atoms with Gasteiger partial charge in [0, 0.05) is 5.02 Å². The highest BCUT2D eigenvalue weighted by Crippen LogP contribution is 2.32. The van der Waals surface area contributed by atoms with E-state index in [1.807, 2.05) is 18.2 Å². The van der Waals surface area contributed by atoms with E-state index in [-0.39, 0.29) is 0 Å². The molecule has 0 fully saturated rings. The molecular weight excluding hydrogens is 240 g/mol. The van der Waals surface area contributed by atoms with Crippen LogP contribution in [0.4, 0.5) is 0 Å². The molecule has 88 valence electrons. The summed E-state index contributed by atoms with van der Waals surface area (Å²) in [4.78, 5) is 0. The highest BCUT2D eigenvalue weighted by molar-refractivity contribution is 6.30. The van der Waals surface area contributed by atoms with Gasteiger partial charge in [-0.15, -0.1) is 0 Å². The summed E-state index contributed by atoms with van der Waals surface area (Å²) < 4.78 is 0. The van der Waals surface area contributed by atoms with Crippen LogP contribution in [-0.2, 0) is 0 Å². The Bertz CT molecular complexity index is 714. The monoisotopic (exact) mass is 252 g/mol. The Morgan fingerprint density at radius 2 is 1.67 bits per heavy atom. The molecule has 0 N–H and O–H groups in total. The van der Waals surface area contributed by atoms with E-state index in [9.17, 15) is 0 Å². The third kappa shape index (κ3) is 1.89. The Kier molecular flexibility index (Phi) is 2.81. The zero-order valence-electron chi connectivity index (χ0n) is 10.2. The molecular formula is C17H13Cl. The fourth-order valence-electron chi connectivity index (χ4n) is 2.41. The first-order valence-electron chi connectivity index (χ1n) is 6.00. The van der Waals surface area contributed by atoms with Gasteiger partial charge in [0.05, 0.1) is 0 Å². The highest BCUT2D eigenvalue weighted by atomic mass is 35.5. The van der Waals surface area contributed by atoms with Crippen molar-refractivity contribution in [3.8, 4) is 11.1 Å². The molecule has 18 heavy (non-hydrogen) atoms. The fourth-order valence-corrected chi connectivity index (χ4v) is 2.60. The molecule has 0 radical (unpaired) electrons. The Morgan fingerprint density at radius 3 is 2.50 bits per heavy atom. The Hall–Kier alpha value is -1.79. The zero-order chi connectivity index (χ0) is 12.5. The summed E-state index contributed by atoms with van der Waals surface area (Å²) in [7, 11) is 0. The molecule has 1 heteroatoms. The molecule has 3 aromatic rings. The van der Waals surface area contributed by atoms with E-state index in [0.29, 0.717) is 0 Å². The molecule has 3 rings (SSSR count). The Balaban J connectivity index is 2.37. The van der Waals surface area contributed by atoms with Crippen LogP contribution in [0, 0.1) is 6.92 Å². The van der Waals surface area contributed by atoms with E-state index in [1.165, 1.54) is 27.5 Å². The van der Waals surface area contributed by atoms with Gasteiger partial charge in [-0.2, -0.15) is 0 Å². The average molecular weight is 253 g/mol. The summed E-state index contributed by atoms with van der Waals surface area (Å²) in [5.41, 5.74) is 3.73. The first-order chi connectivity index (χ1) is 8.75. The minimum atomic E-state index is 0.778. The molecule has 0 unspecified atom stereocenters. The average Bonchev–Trinajstić information content (AvgIpc) is 2.38. The zero-order valence-corrected chi connectivity index (χ0v) is 10.9. The number of halogens is 1. The smallest absolute Gasteiger partial charge is 0.0412 e. The number of aryl methyl sites for hydroxylation is 1. The second-order valence-electron chi connectivity index (χ2n) is 4.49. The standard InChI is InChI=1S/C17H13Cl/c1-12-9-10-13-5-2-3-8-16(13)17(12)14-6-4-7-15(18)11-14/h2-11H,1H3. The quantitative estimate of drug-likeness (QED) is 0.539. The van der Waals surface area contributed by atoms with Gasteiger partial charge in [0.25, 0.3) is 0 Å². The van der Waals surface area contributed by atoms with E-state index < -0.39 is 0 Å². The SMILES string of the molecule is Cc1ccc2ccccc2c1-c1cccc(Cl)c1. The van der Waals surface area contributed by atoms with Gasteiger partial charge in [-0.05, 0) is 46.5 Å². The van der Waals surface area contributed by atoms with E-state index in [2.05, 4.69) is 49.4 Å². The van der Waals surface area contributed by atoms with E-state index in [4.69, 9.17) is 11.6 Å². The topological polar surface area (TPSA) is 0 Å². The van der Waals surface area contributed by atoms with Crippen molar-refractivity contribution in [3.05, 3.63) is 71.2 Å². The first-order valence-corrected chi connectivity index (χ1v) is 6.38. The van der Waals surface area contributed by atoms with E-state index in [0.717, 1.165) is 5.02 Å². The summed E-state index contributed by atoms with van der Waals surface area (Å²) >= 11 is 6.10. The van der Waals surface area contributed by atoms with Gasteiger partial charge in [-0.1, -0.05) is 60.1 Å². The number of hydrogen-bond donors (Lipinski definition) is 0. The van der Waals surface area contributed by atoms with E-state index in [1.54, 1.807) is 0 Å². The lowest BCUT2D eigenvalue weighted by atomic mass is 9.94. The van der Waals surface area contributed by atoms with Crippen LogP contribution in [0.3, 0.4) is 0 Å². The number of benzene rings is 3.